The van der Waals surface area contributed by atoms with Gasteiger partial charge in [0.25, 0.3) is 0 Å². The number of phenols is 1. The van der Waals surface area contributed by atoms with Crippen LogP contribution in [0.3, 0.4) is 0 Å². The summed E-state index contributed by atoms with van der Waals surface area (Å²) in [6.07, 6.45) is 0. The zero-order valence-electron chi connectivity index (χ0n) is 13.4. The van der Waals surface area contributed by atoms with Gasteiger partial charge < -0.3 is 20.5 Å². The molecule has 3 N–H and O–H groups in total. The van der Waals surface area contributed by atoms with Crippen LogP contribution in [0.1, 0.15) is 33.3 Å². The van der Waals surface area contributed by atoms with E-state index in [0.717, 1.165) is 18.1 Å². The van der Waals surface area contributed by atoms with Crippen LogP contribution in [0, 0.1) is 0 Å². The van der Waals surface area contributed by atoms with E-state index in [0.29, 0.717) is 12.3 Å². The molecular weight excluding hydrogens is 381 g/mol. The topological polar surface area (TPSA) is 65.9 Å². The second-order valence-corrected chi connectivity index (χ2v) is 5.56. The number of rotatable bonds is 4. The van der Waals surface area contributed by atoms with E-state index < -0.39 is 0 Å². The minimum absolute atomic E-state index is 0. The number of phenolic OH excluding ortho intramolecular Hbond substituents is 1. The standard InChI is InChI=1S/C15H25N3O2.HI/c1-6-16-14(18-15(2,3)4)17-10-11-9-12(20-5)7-8-13(11)19;/h7-9,19H,6,10H2,1-5H3,(H2,16,17,18);1H. The Balaban J connectivity index is 0.00000400. The molecule has 6 heteroatoms. The lowest BCUT2D eigenvalue weighted by molar-refractivity contribution is 0.411. The van der Waals surface area contributed by atoms with E-state index in [1.54, 1.807) is 25.3 Å². The van der Waals surface area contributed by atoms with Gasteiger partial charge in [-0.2, -0.15) is 0 Å². The van der Waals surface area contributed by atoms with Gasteiger partial charge >= 0.3 is 0 Å². The number of benzene rings is 1. The quantitative estimate of drug-likeness (QED) is 0.408. The minimum atomic E-state index is -0.0720. The molecule has 0 aromatic heterocycles. The number of ether oxygens (including phenoxy) is 1. The van der Waals surface area contributed by atoms with E-state index in [9.17, 15) is 5.11 Å². The second-order valence-electron chi connectivity index (χ2n) is 5.56. The van der Waals surface area contributed by atoms with Gasteiger partial charge in [0.15, 0.2) is 5.96 Å². The van der Waals surface area contributed by atoms with Gasteiger partial charge in [0.1, 0.15) is 11.5 Å². The molecule has 0 bridgehead atoms. The fourth-order valence-corrected chi connectivity index (χ4v) is 1.64. The van der Waals surface area contributed by atoms with Gasteiger partial charge in [0, 0.05) is 17.6 Å². The maximum Gasteiger partial charge on any atom is 0.191 e. The number of hydrogen-bond donors (Lipinski definition) is 3. The van der Waals surface area contributed by atoms with Crippen LogP contribution in [0.25, 0.3) is 0 Å². The van der Waals surface area contributed by atoms with Crippen molar-refractivity contribution in [2.45, 2.75) is 39.8 Å². The molecule has 0 aliphatic heterocycles. The maximum absolute atomic E-state index is 9.84. The van der Waals surface area contributed by atoms with Crippen molar-refractivity contribution >= 4 is 29.9 Å². The summed E-state index contributed by atoms with van der Waals surface area (Å²) < 4.78 is 5.15. The SMILES string of the molecule is CCNC(=NCc1cc(OC)ccc1O)NC(C)(C)C.I. The van der Waals surface area contributed by atoms with E-state index in [1.807, 2.05) is 6.92 Å². The van der Waals surface area contributed by atoms with Crippen molar-refractivity contribution in [2.75, 3.05) is 13.7 Å². The number of nitrogens with zero attached hydrogens (tertiary/aromatic N) is 1. The highest BCUT2D eigenvalue weighted by molar-refractivity contribution is 14.0. The summed E-state index contributed by atoms with van der Waals surface area (Å²) in [5.74, 6) is 1.66. The Morgan fingerprint density at radius 3 is 2.52 bits per heavy atom. The summed E-state index contributed by atoms with van der Waals surface area (Å²) in [6.45, 7) is 9.40. The monoisotopic (exact) mass is 407 g/mol. The van der Waals surface area contributed by atoms with Crippen molar-refractivity contribution in [3.63, 3.8) is 0 Å². The second kappa shape index (κ2) is 8.96. The van der Waals surface area contributed by atoms with Crippen LogP contribution in [0.5, 0.6) is 11.5 Å². The number of aromatic hydroxyl groups is 1. The highest BCUT2D eigenvalue weighted by atomic mass is 127. The van der Waals surface area contributed by atoms with E-state index in [2.05, 4.69) is 36.4 Å². The van der Waals surface area contributed by atoms with Crippen molar-refractivity contribution in [3.05, 3.63) is 23.8 Å². The number of halogens is 1. The minimum Gasteiger partial charge on any atom is -0.508 e. The maximum atomic E-state index is 9.84. The Morgan fingerprint density at radius 1 is 1.33 bits per heavy atom. The molecule has 21 heavy (non-hydrogen) atoms. The van der Waals surface area contributed by atoms with E-state index in [-0.39, 0.29) is 35.3 Å². The molecule has 0 fully saturated rings. The van der Waals surface area contributed by atoms with Gasteiger partial charge in [0.2, 0.25) is 0 Å². The smallest absolute Gasteiger partial charge is 0.191 e. The Labute approximate surface area is 144 Å². The van der Waals surface area contributed by atoms with E-state index >= 15 is 0 Å². The summed E-state index contributed by atoms with van der Waals surface area (Å²) in [4.78, 5) is 4.48. The molecule has 0 amide bonds. The number of nitrogens with one attached hydrogen (secondary N) is 2. The van der Waals surface area contributed by atoms with Gasteiger partial charge in [-0.05, 0) is 45.9 Å². The largest absolute Gasteiger partial charge is 0.508 e. The highest BCUT2D eigenvalue weighted by Gasteiger charge is 2.12. The van der Waals surface area contributed by atoms with E-state index in [4.69, 9.17) is 4.74 Å². The lowest BCUT2D eigenvalue weighted by Gasteiger charge is -2.23. The Morgan fingerprint density at radius 2 is 2.00 bits per heavy atom. The molecule has 0 saturated heterocycles. The molecule has 0 spiro atoms. The molecule has 1 aromatic rings. The average molecular weight is 407 g/mol. The molecule has 0 heterocycles. The van der Waals surface area contributed by atoms with Gasteiger partial charge in [-0.15, -0.1) is 24.0 Å². The Bertz CT molecular complexity index is 470. The van der Waals surface area contributed by atoms with Crippen molar-refractivity contribution < 1.29 is 9.84 Å². The van der Waals surface area contributed by atoms with Crippen LogP contribution in [0.2, 0.25) is 0 Å². The van der Waals surface area contributed by atoms with Crippen molar-refractivity contribution in [1.82, 2.24) is 10.6 Å². The third-order valence-corrected chi connectivity index (χ3v) is 2.53. The Kier molecular flexibility index (Phi) is 8.46. The number of methoxy groups -OCH3 is 1. The first kappa shape index (κ1) is 19.8. The van der Waals surface area contributed by atoms with Gasteiger partial charge in [-0.3, -0.25) is 0 Å². The summed E-state index contributed by atoms with van der Waals surface area (Å²) in [5.41, 5.74) is 0.660. The molecule has 0 unspecified atom stereocenters. The highest BCUT2D eigenvalue weighted by Crippen LogP contribution is 2.23. The van der Waals surface area contributed by atoms with Gasteiger partial charge in [-0.25, -0.2) is 4.99 Å². The Hall–Kier alpha value is -1.18. The predicted molar refractivity (Wildman–Crippen MR) is 97.8 cm³/mol. The van der Waals surface area contributed by atoms with Gasteiger partial charge in [0.05, 0.1) is 13.7 Å². The lowest BCUT2D eigenvalue weighted by atomic mass is 10.1. The molecule has 0 aliphatic carbocycles. The first-order valence-corrected chi connectivity index (χ1v) is 6.78. The van der Waals surface area contributed by atoms with Gasteiger partial charge in [-0.1, -0.05) is 0 Å². The van der Waals surface area contributed by atoms with Crippen LogP contribution in [-0.4, -0.2) is 30.3 Å². The van der Waals surface area contributed by atoms with E-state index in [1.165, 1.54) is 0 Å². The average Bonchev–Trinajstić information content (AvgIpc) is 2.36. The number of hydrogen-bond acceptors (Lipinski definition) is 3. The zero-order chi connectivity index (χ0) is 15.2. The predicted octanol–water partition coefficient (Wildman–Crippen LogP) is 2.87. The fraction of sp³-hybridized carbons (Fsp3) is 0.533. The lowest BCUT2D eigenvalue weighted by Crippen LogP contribution is -2.47. The molecule has 0 atom stereocenters. The van der Waals surface area contributed by atoms with Crippen molar-refractivity contribution in [2.24, 2.45) is 4.99 Å². The normalized spacial score (nSPS) is 11.6. The zero-order valence-corrected chi connectivity index (χ0v) is 15.7. The first-order chi connectivity index (χ1) is 9.35. The van der Waals surface area contributed by atoms with Crippen LogP contribution >= 0.6 is 24.0 Å². The van der Waals surface area contributed by atoms with Crippen LogP contribution in [0.4, 0.5) is 0 Å². The third-order valence-electron chi connectivity index (χ3n) is 2.53. The molecule has 120 valence electrons. The molecule has 5 nitrogen and oxygen atoms in total. The fourth-order valence-electron chi connectivity index (χ4n) is 1.64. The summed E-state index contributed by atoms with van der Waals surface area (Å²) >= 11 is 0. The molecule has 0 radical (unpaired) electrons. The van der Waals surface area contributed by atoms with Crippen LogP contribution < -0.4 is 15.4 Å². The van der Waals surface area contributed by atoms with Crippen molar-refractivity contribution in [3.8, 4) is 11.5 Å². The number of guanidine groups is 1. The summed E-state index contributed by atoms with van der Waals surface area (Å²) in [5, 5.41) is 16.3. The van der Waals surface area contributed by atoms with Crippen LogP contribution in [0.15, 0.2) is 23.2 Å². The summed E-state index contributed by atoms with van der Waals surface area (Å²) in [7, 11) is 1.60. The molecular formula is C15H26IN3O2. The van der Waals surface area contributed by atoms with Crippen molar-refractivity contribution in [1.29, 1.82) is 0 Å². The molecule has 1 aromatic carbocycles. The van der Waals surface area contributed by atoms with Crippen LogP contribution in [-0.2, 0) is 6.54 Å². The third kappa shape index (κ3) is 7.40. The summed E-state index contributed by atoms with van der Waals surface area (Å²) in [6, 6.07) is 5.13. The molecule has 1 rings (SSSR count). The number of aliphatic imine (C=N–C) groups is 1. The first-order valence-electron chi connectivity index (χ1n) is 6.78. The molecule has 0 aliphatic rings. The molecule has 0 saturated carbocycles.